The van der Waals surface area contributed by atoms with Gasteiger partial charge in [-0.15, -0.1) is 0 Å². The molecule has 2 rings (SSSR count). The minimum absolute atomic E-state index is 0.000434. The van der Waals surface area contributed by atoms with Crippen LogP contribution in [0, 0.1) is 5.41 Å². The Morgan fingerprint density at radius 2 is 2.21 bits per heavy atom. The zero-order valence-electron chi connectivity index (χ0n) is 11.9. The van der Waals surface area contributed by atoms with Gasteiger partial charge in [-0.25, -0.2) is 0 Å². The van der Waals surface area contributed by atoms with E-state index < -0.39 is 0 Å². The van der Waals surface area contributed by atoms with Gasteiger partial charge in [0.1, 0.15) is 12.4 Å². The van der Waals surface area contributed by atoms with Gasteiger partial charge in [0, 0.05) is 30.8 Å². The largest absolute Gasteiger partial charge is 0.492 e. The summed E-state index contributed by atoms with van der Waals surface area (Å²) >= 11 is 0. The van der Waals surface area contributed by atoms with Crippen molar-refractivity contribution in [2.45, 2.75) is 33.7 Å². The Morgan fingerprint density at radius 3 is 2.95 bits per heavy atom. The molecule has 2 N–H and O–H groups in total. The van der Waals surface area contributed by atoms with E-state index in [1.807, 2.05) is 18.2 Å². The summed E-state index contributed by atoms with van der Waals surface area (Å²) in [6.07, 6.45) is 0.513. The standard InChI is InChI=1S/C15H22N2O2/c1-15(2,3)9-14(18)17-12-4-5-13-11(8-12)10-16-6-7-19-13/h4-5,8,16H,6-7,9-10H2,1-3H3,(H,17,18). The molecule has 0 bridgehead atoms. The second kappa shape index (κ2) is 5.61. The first-order valence-electron chi connectivity index (χ1n) is 6.70. The van der Waals surface area contributed by atoms with Crippen LogP contribution in [0.25, 0.3) is 0 Å². The SMILES string of the molecule is CC(C)(C)CC(=O)Nc1ccc2c(c1)CNCCO2. The Morgan fingerprint density at radius 1 is 1.42 bits per heavy atom. The fraction of sp³-hybridized carbons (Fsp3) is 0.533. The summed E-state index contributed by atoms with van der Waals surface area (Å²) in [5.41, 5.74) is 1.92. The third kappa shape index (κ3) is 4.24. The predicted octanol–water partition coefficient (Wildman–Crippen LogP) is 2.54. The molecule has 0 unspecified atom stereocenters. The van der Waals surface area contributed by atoms with E-state index in [1.165, 1.54) is 0 Å². The van der Waals surface area contributed by atoms with Crippen LogP contribution in [0.2, 0.25) is 0 Å². The van der Waals surface area contributed by atoms with E-state index in [2.05, 4.69) is 31.4 Å². The maximum atomic E-state index is 11.9. The van der Waals surface area contributed by atoms with Gasteiger partial charge in [0.25, 0.3) is 0 Å². The number of ether oxygens (including phenoxy) is 1. The number of hydrogen-bond acceptors (Lipinski definition) is 3. The van der Waals surface area contributed by atoms with Crippen LogP contribution in [-0.2, 0) is 11.3 Å². The first-order valence-corrected chi connectivity index (χ1v) is 6.70. The van der Waals surface area contributed by atoms with Crippen molar-refractivity contribution in [3.05, 3.63) is 23.8 Å². The van der Waals surface area contributed by atoms with Crippen LogP contribution in [-0.4, -0.2) is 19.1 Å². The van der Waals surface area contributed by atoms with Gasteiger partial charge in [-0.2, -0.15) is 0 Å². The number of carbonyl (C=O) groups is 1. The summed E-state index contributed by atoms with van der Waals surface area (Å²) in [6.45, 7) is 8.48. The number of fused-ring (bicyclic) bond motifs is 1. The third-order valence-corrected chi connectivity index (χ3v) is 2.89. The van der Waals surface area contributed by atoms with Gasteiger partial charge in [0.15, 0.2) is 0 Å². The molecule has 19 heavy (non-hydrogen) atoms. The second-order valence-electron chi connectivity index (χ2n) is 6.13. The first kappa shape index (κ1) is 13.9. The van der Waals surface area contributed by atoms with Crippen LogP contribution in [0.15, 0.2) is 18.2 Å². The van der Waals surface area contributed by atoms with Crippen molar-refractivity contribution >= 4 is 11.6 Å². The van der Waals surface area contributed by atoms with Crippen LogP contribution in [0.5, 0.6) is 5.75 Å². The molecule has 0 radical (unpaired) electrons. The van der Waals surface area contributed by atoms with Crippen molar-refractivity contribution in [1.29, 1.82) is 0 Å². The lowest BCUT2D eigenvalue weighted by Gasteiger charge is -2.17. The summed E-state index contributed by atoms with van der Waals surface area (Å²) < 4.78 is 5.61. The molecule has 4 heteroatoms. The molecule has 1 amide bonds. The summed E-state index contributed by atoms with van der Waals surface area (Å²) in [5.74, 6) is 0.953. The highest BCUT2D eigenvalue weighted by Gasteiger charge is 2.16. The van der Waals surface area contributed by atoms with E-state index >= 15 is 0 Å². The first-order chi connectivity index (χ1) is 8.94. The highest BCUT2D eigenvalue weighted by Crippen LogP contribution is 2.25. The van der Waals surface area contributed by atoms with Crippen molar-refractivity contribution in [3.63, 3.8) is 0 Å². The fourth-order valence-electron chi connectivity index (χ4n) is 2.08. The van der Waals surface area contributed by atoms with Gasteiger partial charge in [0.2, 0.25) is 5.91 Å². The van der Waals surface area contributed by atoms with Gasteiger partial charge in [-0.1, -0.05) is 20.8 Å². The molecule has 0 aliphatic carbocycles. The fourth-order valence-corrected chi connectivity index (χ4v) is 2.08. The summed E-state index contributed by atoms with van der Waals surface area (Å²) in [4.78, 5) is 11.9. The lowest BCUT2D eigenvalue weighted by molar-refractivity contribution is -0.117. The number of carbonyl (C=O) groups excluding carboxylic acids is 1. The van der Waals surface area contributed by atoms with Gasteiger partial charge in [-0.3, -0.25) is 4.79 Å². The van der Waals surface area contributed by atoms with Gasteiger partial charge < -0.3 is 15.4 Å². The van der Waals surface area contributed by atoms with Crippen LogP contribution in [0.4, 0.5) is 5.69 Å². The van der Waals surface area contributed by atoms with Crippen molar-refractivity contribution < 1.29 is 9.53 Å². The molecule has 0 aromatic heterocycles. The lowest BCUT2D eigenvalue weighted by atomic mass is 9.92. The Balaban J connectivity index is 2.05. The minimum Gasteiger partial charge on any atom is -0.492 e. The van der Waals surface area contributed by atoms with Crippen LogP contribution in [0.1, 0.15) is 32.8 Å². The average Bonchev–Trinajstić information content (AvgIpc) is 2.50. The molecule has 0 fully saturated rings. The van der Waals surface area contributed by atoms with Crippen molar-refractivity contribution in [2.24, 2.45) is 5.41 Å². The van der Waals surface area contributed by atoms with Gasteiger partial charge in [0.05, 0.1) is 0 Å². The lowest BCUT2D eigenvalue weighted by Crippen LogP contribution is -2.19. The maximum absolute atomic E-state index is 11.9. The van der Waals surface area contributed by atoms with Crippen LogP contribution >= 0.6 is 0 Å². The molecule has 1 aromatic rings. The molecule has 0 saturated heterocycles. The molecule has 1 aromatic carbocycles. The Bertz CT molecular complexity index is 464. The number of amides is 1. The summed E-state index contributed by atoms with van der Waals surface area (Å²) in [6, 6.07) is 5.80. The zero-order chi connectivity index (χ0) is 13.9. The highest BCUT2D eigenvalue weighted by molar-refractivity contribution is 5.91. The average molecular weight is 262 g/mol. The Kier molecular flexibility index (Phi) is 4.10. The Labute approximate surface area is 114 Å². The quantitative estimate of drug-likeness (QED) is 0.861. The monoisotopic (exact) mass is 262 g/mol. The molecule has 104 valence electrons. The molecule has 0 atom stereocenters. The Hall–Kier alpha value is -1.55. The van der Waals surface area contributed by atoms with Crippen molar-refractivity contribution in [1.82, 2.24) is 5.32 Å². The van der Waals surface area contributed by atoms with E-state index in [9.17, 15) is 4.79 Å². The maximum Gasteiger partial charge on any atom is 0.224 e. The zero-order valence-corrected chi connectivity index (χ0v) is 11.9. The molecule has 1 aliphatic rings. The number of nitrogens with one attached hydrogen (secondary N) is 2. The number of hydrogen-bond donors (Lipinski definition) is 2. The molecule has 0 spiro atoms. The van der Waals surface area contributed by atoms with E-state index in [-0.39, 0.29) is 11.3 Å². The highest BCUT2D eigenvalue weighted by atomic mass is 16.5. The number of anilines is 1. The van der Waals surface area contributed by atoms with Crippen LogP contribution in [0.3, 0.4) is 0 Å². The predicted molar refractivity (Wildman–Crippen MR) is 76.3 cm³/mol. The number of rotatable bonds is 2. The molecule has 1 heterocycles. The minimum atomic E-state index is 0.000434. The van der Waals surface area contributed by atoms with Gasteiger partial charge >= 0.3 is 0 Å². The third-order valence-electron chi connectivity index (χ3n) is 2.89. The van der Waals surface area contributed by atoms with Crippen molar-refractivity contribution in [2.75, 3.05) is 18.5 Å². The van der Waals surface area contributed by atoms with E-state index in [0.717, 1.165) is 30.1 Å². The molecule has 1 aliphatic heterocycles. The molecule has 0 saturated carbocycles. The summed E-state index contributed by atoms with van der Waals surface area (Å²) in [5, 5.41) is 6.23. The van der Waals surface area contributed by atoms with Crippen molar-refractivity contribution in [3.8, 4) is 5.75 Å². The molecular formula is C15H22N2O2. The summed E-state index contributed by atoms with van der Waals surface area (Å²) in [7, 11) is 0. The second-order valence-corrected chi connectivity index (χ2v) is 6.13. The van der Waals surface area contributed by atoms with Gasteiger partial charge in [-0.05, 0) is 23.6 Å². The van der Waals surface area contributed by atoms with Crippen LogP contribution < -0.4 is 15.4 Å². The topological polar surface area (TPSA) is 50.4 Å². The number of benzene rings is 1. The molecular weight excluding hydrogens is 240 g/mol. The van der Waals surface area contributed by atoms with E-state index in [0.29, 0.717) is 13.0 Å². The molecule has 4 nitrogen and oxygen atoms in total. The normalized spacial score (nSPS) is 15.1. The van der Waals surface area contributed by atoms with E-state index in [1.54, 1.807) is 0 Å². The smallest absolute Gasteiger partial charge is 0.224 e. The van der Waals surface area contributed by atoms with E-state index in [4.69, 9.17) is 4.74 Å².